The molecule has 2 atom stereocenters. The second-order valence-corrected chi connectivity index (χ2v) is 7.11. The maximum atomic E-state index is 12.4. The van der Waals surface area contributed by atoms with Gasteiger partial charge in [0.15, 0.2) is 0 Å². The van der Waals surface area contributed by atoms with Crippen molar-refractivity contribution in [1.82, 2.24) is 4.90 Å². The predicted molar refractivity (Wildman–Crippen MR) is 74.1 cm³/mol. The van der Waals surface area contributed by atoms with Gasteiger partial charge in [-0.2, -0.15) is 0 Å². The first-order valence-electron chi connectivity index (χ1n) is 7.41. The summed E-state index contributed by atoms with van der Waals surface area (Å²) in [6, 6.07) is 0.708. The van der Waals surface area contributed by atoms with Crippen molar-refractivity contribution < 1.29 is 4.79 Å². The van der Waals surface area contributed by atoms with E-state index in [2.05, 4.69) is 13.8 Å². The minimum Gasteiger partial charge on any atom is -0.343 e. The van der Waals surface area contributed by atoms with Gasteiger partial charge in [0.25, 0.3) is 0 Å². The van der Waals surface area contributed by atoms with Crippen LogP contribution in [0.15, 0.2) is 0 Å². The highest BCUT2D eigenvalue weighted by Crippen LogP contribution is 2.37. The molecule has 3 nitrogen and oxygen atoms in total. The van der Waals surface area contributed by atoms with E-state index < -0.39 is 0 Å². The molecule has 2 fully saturated rings. The molecule has 2 unspecified atom stereocenters. The zero-order valence-electron chi connectivity index (χ0n) is 12.1. The Hall–Kier alpha value is -0.570. The molecular weight excluding hydrogens is 224 g/mol. The van der Waals surface area contributed by atoms with Gasteiger partial charge in [0, 0.05) is 25.0 Å². The average Bonchev–Trinajstić information content (AvgIpc) is 2.74. The van der Waals surface area contributed by atoms with Gasteiger partial charge in [-0.15, -0.1) is 0 Å². The predicted octanol–water partition coefficient (Wildman–Crippen LogP) is 2.54. The maximum Gasteiger partial charge on any atom is 0.225 e. The average molecular weight is 252 g/mol. The molecule has 3 heteroatoms. The first-order chi connectivity index (χ1) is 8.39. The first kappa shape index (κ1) is 13.9. The van der Waals surface area contributed by atoms with Gasteiger partial charge in [0.1, 0.15) is 0 Å². The van der Waals surface area contributed by atoms with Crippen LogP contribution in [0.4, 0.5) is 0 Å². The Morgan fingerprint density at radius 2 is 1.78 bits per heavy atom. The topological polar surface area (TPSA) is 46.3 Å². The third kappa shape index (κ3) is 3.05. The van der Waals surface area contributed by atoms with Crippen LogP contribution < -0.4 is 5.73 Å². The normalized spacial score (nSPS) is 32.4. The molecule has 1 amide bonds. The van der Waals surface area contributed by atoms with Crippen LogP contribution in [0.3, 0.4) is 0 Å². The SMILES string of the molecule is CN(C(=O)C1CCC(N)C1)C1CCC(C)(C)CC1. The van der Waals surface area contributed by atoms with Gasteiger partial charge in [-0.25, -0.2) is 0 Å². The zero-order chi connectivity index (χ0) is 13.3. The molecule has 0 aromatic rings. The Labute approximate surface area is 111 Å². The molecule has 0 spiro atoms. The van der Waals surface area contributed by atoms with Gasteiger partial charge in [-0.1, -0.05) is 13.8 Å². The molecule has 104 valence electrons. The van der Waals surface area contributed by atoms with Crippen LogP contribution in [0.1, 0.15) is 58.8 Å². The van der Waals surface area contributed by atoms with Crippen molar-refractivity contribution in [3.8, 4) is 0 Å². The minimum atomic E-state index is 0.194. The fourth-order valence-electron chi connectivity index (χ4n) is 3.48. The summed E-state index contributed by atoms with van der Waals surface area (Å²) in [5, 5.41) is 0. The molecule has 2 rings (SSSR count). The first-order valence-corrected chi connectivity index (χ1v) is 7.41. The second-order valence-electron chi connectivity index (χ2n) is 7.11. The summed E-state index contributed by atoms with van der Waals surface area (Å²) in [5.41, 5.74) is 6.37. The molecule has 0 aromatic heterocycles. The molecule has 18 heavy (non-hydrogen) atoms. The number of carbonyl (C=O) groups excluding carboxylic acids is 1. The van der Waals surface area contributed by atoms with E-state index in [0.29, 0.717) is 17.4 Å². The van der Waals surface area contributed by atoms with E-state index in [9.17, 15) is 4.79 Å². The highest BCUT2D eigenvalue weighted by molar-refractivity contribution is 5.79. The third-order valence-electron chi connectivity index (χ3n) is 5.03. The van der Waals surface area contributed by atoms with Gasteiger partial charge in [-0.05, 0) is 50.4 Å². The number of amides is 1. The molecule has 0 bridgehead atoms. The van der Waals surface area contributed by atoms with Gasteiger partial charge >= 0.3 is 0 Å². The van der Waals surface area contributed by atoms with E-state index >= 15 is 0 Å². The van der Waals surface area contributed by atoms with E-state index in [1.807, 2.05) is 11.9 Å². The largest absolute Gasteiger partial charge is 0.343 e. The summed E-state index contributed by atoms with van der Waals surface area (Å²) < 4.78 is 0. The molecule has 0 aromatic carbocycles. The molecule has 2 aliphatic carbocycles. The summed E-state index contributed by atoms with van der Waals surface area (Å²) in [6.45, 7) is 4.67. The highest BCUT2D eigenvalue weighted by atomic mass is 16.2. The van der Waals surface area contributed by atoms with Crippen molar-refractivity contribution in [2.75, 3.05) is 7.05 Å². The number of nitrogens with zero attached hydrogens (tertiary/aromatic N) is 1. The second kappa shape index (κ2) is 5.20. The van der Waals surface area contributed by atoms with Crippen molar-refractivity contribution in [2.24, 2.45) is 17.1 Å². The maximum absolute atomic E-state index is 12.4. The van der Waals surface area contributed by atoms with E-state index in [1.54, 1.807) is 0 Å². The summed E-state index contributed by atoms with van der Waals surface area (Å²) >= 11 is 0. The molecule has 2 aliphatic rings. The number of nitrogens with two attached hydrogens (primary N) is 1. The van der Waals surface area contributed by atoms with Crippen molar-refractivity contribution in [2.45, 2.75) is 70.9 Å². The molecule has 2 N–H and O–H groups in total. The van der Waals surface area contributed by atoms with Gasteiger partial charge in [-0.3, -0.25) is 4.79 Å². The van der Waals surface area contributed by atoms with E-state index in [0.717, 1.165) is 32.1 Å². The van der Waals surface area contributed by atoms with Crippen LogP contribution in [-0.4, -0.2) is 29.9 Å². The lowest BCUT2D eigenvalue weighted by Crippen LogP contribution is -2.43. The van der Waals surface area contributed by atoms with Gasteiger partial charge in [0.2, 0.25) is 5.91 Å². The molecule has 0 aliphatic heterocycles. The Bertz CT molecular complexity index is 304. The summed E-state index contributed by atoms with van der Waals surface area (Å²) in [7, 11) is 2.00. The molecule has 0 radical (unpaired) electrons. The van der Waals surface area contributed by atoms with Crippen LogP contribution in [0.5, 0.6) is 0 Å². The van der Waals surface area contributed by atoms with Crippen LogP contribution in [0, 0.1) is 11.3 Å². The van der Waals surface area contributed by atoms with Gasteiger partial charge in [0.05, 0.1) is 0 Å². The standard InChI is InChI=1S/C15H28N2O/c1-15(2)8-6-13(7-9-15)17(3)14(18)11-4-5-12(16)10-11/h11-13H,4-10,16H2,1-3H3. The van der Waals surface area contributed by atoms with Crippen LogP contribution in [-0.2, 0) is 4.79 Å². The smallest absolute Gasteiger partial charge is 0.225 e. The van der Waals surface area contributed by atoms with Crippen molar-refractivity contribution >= 4 is 5.91 Å². The fraction of sp³-hybridized carbons (Fsp3) is 0.933. The lowest BCUT2D eigenvalue weighted by atomic mass is 9.75. The monoisotopic (exact) mass is 252 g/mol. The number of hydrogen-bond acceptors (Lipinski definition) is 2. The molecular formula is C15H28N2O. The van der Waals surface area contributed by atoms with Crippen molar-refractivity contribution in [3.05, 3.63) is 0 Å². The molecule has 0 heterocycles. The summed E-state index contributed by atoms with van der Waals surface area (Å²) in [5.74, 6) is 0.535. The number of rotatable bonds is 2. The third-order valence-corrected chi connectivity index (χ3v) is 5.03. The lowest BCUT2D eigenvalue weighted by Gasteiger charge is -2.39. The Morgan fingerprint density at radius 3 is 2.28 bits per heavy atom. The zero-order valence-corrected chi connectivity index (χ0v) is 12.1. The van der Waals surface area contributed by atoms with Crippen LogP contribution in [0.25, 0.3) is 0 Å². The Morgan fingerprint density at radius 1 is 1.17 bits per heavy atom. The Balaban J connectivity index is 1.87. The summed E-state index contributed by atoms with van der Waals surface area (Å²) in [4.78, 5) is 14.4. The van der Waals surface area contributed by atoms with Crippen molar-refractivity contribution in [3.63, 3.8) is 0 Å². The van der Waals surface area contributed by atoms with E-state index in [1.165, 1.54) is 12.8 Å². The van der Waals surface area contributed by atoms with Crippen LogP contribution >= 0.6 is 0 Å². The number of hydrogen-bond donors (Lipinski definition) is 1. The van der Waals surface area contributed by atoms with Crippen LogP contribution in [0.2, 0.25) is 0 Å². The van der Waals surface area contributed by atoms with Gasteiger partial charge < -0.3 is 10.6 Å². The minimum absolute atomic E-state index is 0.194. The number of carbonyl (C=O) groups is 1. The molecule has 2 saturated carbocycles. The highest BCUT2D eigenvalue weighted by Gasteiger charge is 2.35. The fourth-order valence-corrected chi connectivity index (χ4v) is 3.48. The Kier molecular flexibility index (Phi) is 4.00. The quantitative estimate of drug-likeness (QED) is 0.821. The summed E-state index contributed by atoms with van der Waals surface area (Å²) in [6.07, 6.45) is 7.69. The lowest BCUT2D eigenvalue weighted by molar-refractivity contribution is -0.137. The van der Waals surface area contributed by atoms with Crippen molar-refractivity contribution in [1.29, 1.82) is 0 Å². The molecule has 0 saturated heterocycles. The van der Waals surface area contributed by atoms with E-state index in [4.69, 9.17) is 5.73 Å². The van der Waals surface area contributed by atoms with E-state index in [-0.39, 0.29) is 12.0 Å².